The summed E-state index contributed by atoms with van der Waals surface area (Å²) in [5, 5.41) is 2.76. The smallest absolute Gasteiger partial charge is 0.254 e. The normalized spacial score (nSPS) is 12.6. The number of carbonyl (C=O) groups excluding carboxylic acids is 1. The molecule has 0 fully saturated rings. The molecule has 4 heteroatoms. The summed E-state index contributed by atoms with van der Waals surface area (Å²) in [7, 11) is 0. The van der Waals surface area contributed by atoms with Crippen molar-refractivity contribution < 1.29 is 9.18 Å². The van der Waals surface area contributed by atoms with Crippen molar-refractivity contribution in [1.29, 1.82) is 0 Å². The molecule has 0 heterocycles. The summed E-state index contributed by atoms with van der Waals surface area (Å²) >= 11 is 0. The van der Waals surface area contributed by atoms with E-state index in [4.69, 9.17) is 5.73 Å². The Labute approximate surface area is 101 Å². The van der Waals surface area contributed by atoms with Crippen LogP contribution < -0.4 is 11.1 Å². The maximum atomic E-state index is 13.8. The number of anilines is 1. The number of nitrogen functional groups attached to an aromatic ring is 1. The van der Waals surface area contributed by atoms with Crippen molar-refractivity contribution in [2.24, 2.45) is 5.92 Å². The Bertz CT molecular complexity index is 430. The molecule has 0 aromatic heterocycles. The molecule has 94 valence electrons. The average molecular weight is 238 g/mol. The van der Waals surface area contributed by atoms with E-state index in [1.165, 1.54) is 12.1 Å². The quantitative estimate of drug-likeness (QED) is 0.795. The van der Waals surface area contributed by atoms with Gasteiger partial charge in [0.1, 0.15) is 5.82 Å². The first-order valence-electron chi connectivity index (χ1n) is 5.69. The second-order valence-corrected chi connectivity index (χ2v) is 4.71. The second-order valence-electron chi connectivity index (χ2n) is 4.71. The van der Waals surface area contributed by atoms with E-state index >= 15 is 0 Å². The molecular formula is C13H19FN2O. The van der Waals surface area contributed by atoms with E-state index in [1.54, 1.807) is 6.92 Å². The van der Waals surface area contributed by atoms with E-state index in [-0.39, 0.29) is 11.6 Å². The zero-order valence-corrected chi connectivity index (χ0v) is 10.7. The molecule has 1 atom stereocenters. The Kier molecular flexibility index (Phi) is 4.10. The molecule has 0 aliphatic heterocycles. The van der Waals surface area contributed by atoms with Crippen LogP contribution in [0.5, 0.6) is 0 Å². The summed E-state index contributed by atoms with van der Waals surface area (Å²) in [5.74, 6) is -0.629. The second kappa shape index (κ2) is 5.17. The molecule has 1 rings (SSSR count). The number of hydrogen-bond acceptors (Lipinski definition) is 2. The molecule has 0 bridgehead atoms. The highest BCUT2D eigenvalue weighted by Crippen LogP contribution is 2.17. The van der Waals surface area contributed by atoms with E-state index in [0.717, 1.165) is 0 Å². The van der Waals surface area contributed by atoms with Gasteiger partial charge in [-0.3, -0.25) is 4.79 Å². The third-order valence-corrected chi connectivity index (χ3v) is 2.88. The predicted molar refractivity (Wildman–Crippen MR) is 67.3 cm³/mol. The minimum atomic E-state index is -0.507. The van der Waals surface area contributed by atoms with Crippen molar-refractivity contribution in [1.82, 2.24) is 5.32 Å². The van der Waals surface area contributed by atoms with Crippen molar-refractivity contribution in [2.75, 3.05) is 5.73 Å². The molecule has 1 unspecified atom stereocenters. The van der Waals surface area contributed by atoms with Crippen LogP contribution in [0.2, 0.25) is 0 Å². The number of aryl methyl sites for hydroxylation is 1. The summed E-state index contributed by atoms with van der Waals surface area (Å²) in [6.07, 6.45) is 0. The zero-order chi connectivity index (χ0) is 13.2. The number of rotatable bonds is 3. The lowest BCUT2D eigenvalue weighted by atomic mass is 10.0. The van der Waals surface area contributed by atoms with E-state index in [1.807, 2.05) is 20.8 Å². The van der Waals surface area contributed by atoms with E-state index in [2.05, 4.69) is 5.32 Å². The summed E-state index contributed by atoms with van der Waals surface area (Å²) in [6, 6.07) is 2.87. The van der Waals surface area contributed by atoms with Gasteiger partial charge < -0.3 is 11.1 Å². The van der Waals surface area contributed by atoms with Gasteiger partial charge in [0.15, 0.2) is 0 Å². The average Bonchev–Trinajstić information content (AvgIpc) is 2.22. The van der Waals surface area contributed by atoms with Crippen LogP contribution in [0, 0.1) is 18.7 Å². The number of amides is 1. The highest BCUT2D eigenvalue weighted by atomic mass is 19.1. The van der Waals surface area contributed by atoms with Crippen LogP contribution in [0.15, 0.2) is 12.1 Å². The Hall–Kier alpha value is -1.58. The Morgan fingerprint density at radius 2 is 1.94 bits per heavy atom. The minimum absolute atomic E-state index is 0.00926. The van der Waals surface area contributed by atoms with Gasteiger partial charge in [-0.2, -0.15) is 0 Å². The lowest BCUT2D eigenvalue weighted by molar-refractivity contribution is 0.0926. The summed E-state index contributed by atoms with van der Waals surface area (Å²) < 4.78 is 13.8. The van der Waals surface area contributed by atoms with E-state index in [0.29, 0.717) is 17.2 Å². The van der Waals surface area contributed by atoms with Crippen LogP contribution in [0.1, 0.15) is 36.7 Å². The number of benzene rings is 1. The van der Waals surface area contributed by atoms with Crippen LogP contribution in [-0.4, -0.2) is 11.9 Å². The maximum absolute atomic E-state index is 13.8. The topological polar surface area (TPSA) is 55.1 Å². The molecule has 0 saturated carbocycles. The fourth-order valence-corrected chi connectivity index (χ4v) is 1.41. The van der Waals surface area contributed by atoms with E-state index < -0.39 is 11.7 Å². The van der Waals surface area contributed by atoms with Crippen molar-refractivity contribution in [2.45, 2.75) is 33.7 Å². The number of halogens is 1. The lowest BCUT2D eigenvalue weighted by Crippen LogP contribution is -2.36. The molecule has 3 nitrogen and oxygen atoms in total. The highest BCUT2D eigenvalue weighted by molar-refractivity contribution is 5.95. The monoisotopic (exact) mass is 238 g/mol. The van der Waals surface area contributed by atoms with Crippen molar-refractivity contribution in [3.05, 3.63) is 29.1 Å². The van der Waals surface area contributed by atoms with Gasteiger partial charge in [0.05, 0.1) is 5.56 Å². The standard InChI is InChI=1S/C13H19FN2O/c1-7(2)9(4)16-13(17)11-6-10(15)5-8(3)12(11)14/h5-7,9H,15H2,1-4H3,(H,16,17). The van der Waals surface area contributed by atoms with Crippen molar-refractivity contribution >= 4 is 11.6 Å². The zero-order valence-electron chi connectivity index (χ0n) is 10.7. The number of nitrogens with one attached hydrogen (secondary N) is 1. The fraction of sp³-hybridized carbons (Fsp3) is 0.462. The predicted octanol–water partition coefficient (Wildman–Crippen LogP) is 2.49. The van der Waals surface area contributed by atoms with Crippen molar-refractivity contribution in [3.63, 3.8) is 0 Å². The molecule has 1 aromatic carbocycles. The third-order valence-electron chi connectivity index (χ3n) is 2.88. The third kappa shape index (κ3) is 3.19. The molecule has 1 amide bonds. The number of carbonyl (C=O) groups is 1. The van der Waals surface area contributed by atoms with Gasteiger partial charge in [-0.25, -0.2) is 4.39 Å². The molecular weight excluding hydrogens is 219 g/mol. The van der Waals surface area contributed by atoms with Gasteiger partial charge in [-0.05, 0) is 37.5 Å². The SMILES string of the molecule is Cc1cc(N)cc(C(=O)NC(C)C(C)C)c1F. The molecule has 0 aliphatic carbocycles. The molecule has 1 aromatic rings. The van der Waals surface area contributed by atoms with Gasteiger partial charge in [-0.15, -0.1) is 0 Å². The van der Waals surface area contributed by atoms with Crippen LogP contribution in [0.3, 0.4) is 0 Å². The summed E-state index contributed by atoms with van der Waals surface area (Å²) in [6.45, 7) is 7.46. The lowest BCUT2D eigenvalue weighted by Gasteiger charge is -2.18. The summed E-state index contributed by atoms with van der Waals surface area (Å²) in [5.41, 5.74) is 6.40. The Balaban J connectivity index is 2.97. The minimum Gasteiger partial charge on any atom is -0.399 e. The Morgan fingerprint density at radius 3 is 2.47 bits per heavy atom. The first-order valence-corrected chi connectivity index (χ1v) is 5.69. The van der Waals surface area contributed by atoms with Crippen LogP contribution in [0.25, 0.3) is 0 Å². The number of nitrogens with two attached hydrogens (primary N) is 1. The molecule has 0 aliphatic rings. The van der Waals surface area contributed by atoms with Gasteiger partial charge in [0.25, 0.3) is 5.91 Å². The van der Waals surface area contributed by atoms with Crippen LogP contribution >= 0.6 is 0 Å². The largest absolute Gasteiger partial charge is 0.399 e. The maximum Gasteiger partial charge on any atom is 0.254 e. The molecule has 0 radical (unpaired) electrons. The molecule has 17 heavy (non-hydrogen) atoms. The number of hydrogen-bond donors (Lipinski definition) is 2. The van der Waals surface area contributed by atoms with Gasteiger partial charge in [0, 0.05) is 11.7 Å². The highest BCUT2D eigenvalue weighted by Gasteiger charge is 2.17. The van der Waals surface area contributed by atoms with Crippen LogP contribution in [0.4, 0.5) is 10.1 Å². The molecule has 0 spiro atoms. The first-order chi connectivity index (χ1) is 7.82. The van der Waals surface area contributed by atoms with E-state index in [9.17, 15) is 9.18 Å². The molecule has 0 saturated heterocycles. The Morgan fingerprint density at radius 1 is 1.35 bits per heavy atom. The molecule has 3 N–H and O–H groups in total. The van der Waals surface area contributed by atoms with Crippen LogP contribution in [-0.2, 0) is 0 Å². The van der Waals surface area contributed by atoms with Gasteiger partial charge >= 0.3 is 0 Å². The van der Waals surface area contributed by atoms with Crippen molar-refractivity contribution in [3.8, 4) is 0 Å². The van der Waals surface area contributed by atoms with Gasteiger partial charge in [-0.1, -0.05) is 13.8 Å². The fourth-order valence-electron chi connectivity index (χ4n) is 1.41. The first kappa shape index (κ1) is 13.5. The summed E-state index contributed by atoms with van der Waals surface area (Å²) in [4.78, 5) is 11.9. The van der Waals surface area contributed by atoms with Gasteiger partial charge in [0.2, 0.25) is 0 Å².